The summed E-state index contributed by atoms with van der Waals surface area (Å²) in [6.45, 7) is 11.4. The van der Waals surface area contributed by atoms with E-state index in [0.717, 1.165) is 67.9 Å². The lowest BCUT2D eigenvalue weighted by molar-refractivity contribution is 0.126. The Morgan fingerprint density at radius 2 is 1.75 bits per heavy atom. The average molecular weight is 495 g/mol. The van der Waals surface area contributed by atoms with Crippen LogP contribution in [0.1, 0.15) is 84.6 Å². The number of rotatable bonds is 10. The van der Waals surface area contributed by atoms with E-state index in [9.17, 15) is 5.11 Å². The fourth-order valence-electron chi connectivity index (χ4n) is 5.60. The Bertz CT molecular complexity index is 933. The number of piperidine rings is 1. The fourth-order valence-corrected chi connectivity index (χ4v) is 5.60. The van der Waals surface area contributed by atoms with E-state index in [2.05, 4.69) is 60.3 Å². The third-order valence-electron chi connectivity index (χ3n) is 7.93. The fraction of sp³-hybridized carbons (Fsp3) is 0.690. The molecule has 0 aromatic carbocycles. The largest absolute Gasteiger partial charge is 0.393 e. The molecule has 3 heterocycles. The van der Waals surface area contributed by atoms with Crippen LogP contribution in [0.25, 0.3) is 11.3 Å². The Morgan fingerprint density at radius 3 is 2.39 bits per heavy atom. The van der Waals surface area contributed by atoms with E-state index in [4.69, 9.17) is 9.97 Å². The zero-order chi connectivity index (χ0) is 25.5. The molecule has 7 nitrogen and oxygen atoms in total. The summed E-state index contributed by atoms with van der Waals surface area (Å²) in [5.74, 6) is 2.23. The molecule has 198 valence electrons. The highest BCUT2D eigenvalue weighted by Crippen LogP contribution is 2.30. The molecule has 2 aromatic heterocycles. The molecule has 4 rings (SSSR count). The summed E-state index contributed by atoms with van der Waals surface area (Å²) in [7, 11) is 0. The van der Waals surface area contributed by atoms with Gasteiger partial charge in [-0.15, -0.1) is 0 Å². The standard InChI is InChI=1S/C29H46N6O/c1-5-6-21(4)32-29-31-19-26(28(34-29)33-24-8-10-25(36)11-9-24)27-12-7-23(18-30-27)17-22-13-15-35(16-14-22)20(2)3/h7,12,18-22,24-25,36H,5-6,8-11,13-17H2,1-4H3,(H2,31,32,33,34)/t21-,24?,25?/m0/s1. The molecule has 1 aliphatic heterocycles. The maximum Gasteiger partial charge on any atom is 0.224 e. The quantitative estimate of drug-likeness (QED) is 0.401. The van der Waals surface area contributed by atoms with Crippen molar-refractivity contribution in [3.05, 3.63) is 30.1 Å². The third kappa shape index (κ3) is 7.39. The van der Waals surface area contributed by atoms with Crippen molar-refractivity contribution in [2.24, 2.45) is 5.92 Å². The highest BCUT2D eigenvalue weighted by Gasteiger charge is 2.23. The number of hydrogen-bond acceptors (Lipinski definition) is 7. The first-order valence-electron chi connectivity index (χ1n) is 14.2. The van der Waals surface area contributed by atoms with E-state index in [-0.39, 0.29) is 6.10 Å². The monoisotopic (exact) mass is 494 g/mol. The van der Waals surface area contributed by atoms with Gasteiger partial charge >= 0.3 is 0 Å². The molecule has 1 saturated carbocycles. The predicted octanol–water partition coefficient (Wildman–Crippen LogP) is 5.52. The number of aromatic nitrogens is 3. The van der Waals surface area contributed by atoms with Gasteiger partial charge < -0.3 is 20.6 Å². The summed E-state index contributed by atoms with van der Waals surface area (Å²) in [5.41, 5.74) is 3.15. The number of aliphatic hydroxyl groups excluding tert-OH is 1. The highest BCUT2D eigenvalue weighted by atomic mass is 16.3. The summed E-state index contributed by atoms with van der Waals surface area (Å²) in [6, 6.07) is 5.63. The zero-order valence-electron chi connectivity index (χ0n) is 22.7. The first-order valence-corrected chi connectivity index (χ1v) is 14.2. The van der Waals surface area contributed by atoms with Gasteiger partial charge in [-0.05, 0) is 103 Å². The predicted molar refractivity (Wildman–Crippen MR) is 148 cm³/mol. The Labute approximate surface area is 217 Å². The smallest absolute Gasteiger partial charge is 0.224 e. The minimum atomic E-state index is -0.174. The van der Waals surface area contributed by atoms with Crippen LogP contribution >= 0.6 is 0 Å². The first kappa shape index (κ1) is 26.8. The highest BCUT2D eigenvalue weighted by molar-refractivity contribution is 5.73. The number of likely N-dealkylation sites (tertiary alicyclic amines) is 1. The molecule has 2 aromatic rings. The summed E-state index contributed by atoms with van der Waals surface area (Å²) in [6.07, 6.45) is 13.2. The second-order valence-corrected chi connectivity index (χ2v) is 11.3. The number of aliphatic hydroxyl groups is 1. The minimum Gasteiger partial charge on any atom is -0.393 e. The van der Waals surface area contributed by atoms with Crippen molar-refractivity contribution in [2.45, 2.75) is 110 Å². The van der Waals surface area contributed by atoms with Crippen LogP contribution in [0.4, 0.5) is 11.8 Å². The van der Waals surface area contributed by atoms with Crippen LogP contribution in [0.15, 0.2) is 24.5 Å². The van der Waals surface area contributed by atoms with Crippen LogP contribution in [-0.2, 0) is 6.42 Å². The number of hydrogen-bond donors (Lipinski definition) is 3. The van der Waals surface area contributed by atoms with E-state index in [1.807, 2.05) is 12.4 Å². The van der Waals surface area contributed by atoms with Crippen LogP contribution in [0.3, 0.4) is 0 Å². The summed E-state index contributed by atoms with van der Waals surface area (Å²) >= 11 is 0. The number of nitrogens with zero attached hydrogens (tertiary/aromatic N) is 4. The average Bonchev–Trinajstić information content (AvgIpc) is 2.87. The van der Waals surface area contributed by atoms with Gasteiger partial charge in [0.25, 0.3) is 0 Å². The number of pyridine rings is 1. The minimum absolute atomic E-state index is 0.174. The van der Waals surface area contributed by atoms with Gasteiger partial charge in [0.2, 0.25) is 5.95 Å². The first-order chi connectivity index (χ1) is 17.4. The van der Waals surface area contributed by atoms with Gasteiger partial charge in [0.05, 0.1) is 17.4 Å². The van der Waals surface area contributed by atoms with Crippen LogP contribution < -0.4 is 10.6 Å². The molecule has 0 radical (unpaired) electrons. The Kier molecular flexibility index (Phi) is 9.54. The van der Waals surface area contributed by atoms with E-state index < -0.39 is 0 Å². The van der Waals surface area contributed by atoms with Crippen LogP contribution in [0.5, 0.6) is 0 Å². The lowest BCUT2D eigenvalue weighted by atomic mass is 9.90. The van der Waals surface area contributed by atoms with Crippen molar-refractivity contribution in [1.82, 2.24) is 19.9 Å². The van der Waals surface area contributed by atoms with Crippen molar-refractivity contribution < 1.29 is 5.11 Å². The van der Waals surface area contributed by atoms with Gasteiger partial charge in [-0.3, -0.25) is 4.98 Å². The van der Waals surface area contributed by atoms with Crippen LogP contribution in [-0.4, -0.2) is 62.3 Å². The molecule has 0 bridgehead atoms. The molecule has 1 aliphatic carbocycles. The number of anilines is 2. The van der Waals surface area contributed by atoms with E-state index >= 15 is 0 Å². The van der Waals surface area contributed by atoms with E-state index in [0.29, 0.717) is 24.1 Å². The molecule has 1 atom stereocenters. The molecule has 7 heteroatoms. The van der Waals surface area contributed by atoms with Crippen molar-refractivity contribution in [3.63, 3.8) is 0 Å². The van der Waals surface area contributed by atoms with Crippen molar-refractivity contribution >= 4 is 11.8 Å². The second kappa shape index (κ2) is 12.8. The van der Waals surface area contributed by atoms with Crippen molar-refractivity contribution in [2.75, 3.05) is 23.7 Å². The van der Waals surface area contributed by atoms with Gasteiger partial charge in [-0.1, -0.05) is 19.4 Å². The second-order valence-electron chi connectivity index (χ2n) is 11.3. The zero-order valence-corrected chi connectivity index (χ0v) is 22.7. The van der Waals surface area contributed by atoms with Gasteiger partial charge in [-0.25, -0.2) is 4.98 Å². The van der Waals surface area contributed by atoms with Crippen LogP contribution in [0, 0.1) is 5.92 Å². The summed E-state index contributed by atoms with van der Waals surface area (Å²) in [5, 5.41) is 17.0. The Hall–Kier alpha value is -2.25. The van der Waals surface area contributed by atoms with E-state index in [1.54, 1.807) is 0 Å². The third-order valence-corrected chi connectivity index (χ3v) is 7.93. The lowest BCUT2D eigenvalue weighted by Gasteiger charge is -2.34. The topological polar surface area (TPSA) is 86.2 Å². The van der Waals surface area contributed by atoms with Crippen LogP contribution in [0.2, 0.25) is 0 Å². The Morgan fingerprint density at radius 1 is 1.00 bits per heavy atom. The number of nitrogens with one attached hydrogen (secondary N) is 2. The van der Waals surface area contributed by atoms with Gasteiger partial charge in [-0.2, -0.15) is 4.98 Å². The van der Waals surface area contributed by atoms with Gasteiger partial charge in [0.1, 0.15) is 5.82 Å². The molecule has 36 heavy (non-hydrogen) atoms. The molecule has 2 fully saturated rings. The summed E-state index contributed by atoms with van der Waals surface area (Å²) in [4.78, 5) is 17.0. The molecule has 0 unspecified atom stereocenters. The normalized spacial score (nSPS) is 22.5. The molecule has 1 saturated heterocycles. The molecule has 2 aliphatic rings. The maximum absolute atomic E-state index is 9.92. The molecular formula is C29H46N6O. The lowest BCUT2D eigenvalue weighted by Crippen LogP contribution is -2.38. The summed E-state index contributed by atoms with van der Waals surface area (Å²) < 4.78 is 0. The molecule has 0 spiro atoms. The van der Waals surface area contributed by atoms with Crippen molar-refractivity contribution in [3.8, 4) is 11.3 Å². The van der Waals surface area contributed by atoms with Gasteiger partial charge in [0, 0.05) is 30.5 Å². The SMILES string of the molecule is CCC[C@H](C)Nc1ncc(-c2ccc(CC3CCN(C(C)C)CC3)cn2)c(NC2CCC(O)CC2)n1. The Balaban J connectivity index is 1.47. The van der Waals surface area contributed by atoms with Crippen molar-refractivity contribution in [1.29, 1.82) is 0 Å². The molecular weight excluding hydrogens is 448 g/mol. The molecule has 3 N–H and O–H groups in total. The van der Waals surface area contributed by atoms with E-state index in [1.165, 1.54) is 31.5 Å². The van der Waals surface area contributed by atoms with Gasteiger partial charge in [0.15, 0.2) is 0 Å². The molecule has 0 amide bonds. The maximum atomic E-state index is 9.92.